The quantitative estimate of drug-likeness (QED) is 0.170. The van der Waals surface area contributed by atoms with Crippen molar-refractivity contribution in [3.05, 3.63) is 0 Å². The monoisotopic (exact) mass is 788 g/mol. The van der Waals surface area contributed by atoms with Gasteiger partial charge in [-0.25, -0.2) is 0 Å². The van der Waals surface area contributed by atoms with E-state index in [0.717, 1.165) is 0 Å². The van der Waals surface area contributed by atoms with Crippen LogP contribution in [0.2, 0.25) is 42.7 Å². The molecule has 0 amide bonds. The van der Waals surface area contributed by atoms with Crippen molar-refractivity contribution in [2.75, 3.05) is 0 Å². The van der Waals surface area contributed by atoms with Crippen LogP contribution in [-0.2, 0) is 0 Å². The number of halogens is 13. The Morgan fingerprint density at radius 3 is 1.03 bits per heavy atom. The molecule has 0 spiro atoms. The van der Waals surface area contributed by atoms with Gasteiger partial charge in [0.1, 0.15) is 0 Å². The van der Waals surface area contributed by atoms with Gasteiger partial charge in [-0.05, 0) is 33.1 Å². The maximum Gasteiger partial charge on any atom is 0.252 e. The van der Waals surface area contributed by atoms with Crippen molar-refractivity contribution < 1.29 is 0 Å². The first-order valence-electron chi connectivity index (χ1n) is 8.59. The molecule has 0 aromatic rings. The minimum Gasteiger partial charge on any atom is -0.168 e. The molecule has 0 aliphatic carbocycles. The SMILES string of the molecule is Cl[Si]1(Cl)C[Si]2(Cl)C[Si](Cl)(Cl)C3[Si](Cl)(Cl)C[Si](Cl)(Cl)C4[Si](Cl)(Cl)C[Si](Cl)(C1)C2[Si]34Cl. The summed E-state index contributed by atoms with van der Waals surface area (Å²) in [6.07, 6.45) is 0. The van der Waals surface area contributed by atoms with Gasteiger partial charge in [-0.3, -0.25) is 0 Å². The summed E-state index contributed by atoms with van der Waals surface area (Å²) in [4.78, 5) is -0.886. The first kappa shape index (κ1) is 27.5. The number of rotatable bonds is 0. The van der Waals surface area contributed by atoms with Crippen LogP contribution in [0.25, 0.3) is 0 Å². The first-order chi connectivity index (χ1) is 12.6. The van der Waals surface area contributed by atoms with E-state index in [-0.39, 0.29) is 4.79 Å². The van der Waals surface area contributed by atoms with E-state index in [9.17, 15) is 0 Å². The highest BCUT2D eigenvalue weighted by Crippen LogP contribution is 2.80. The van der Waals surface area contributed by atoms with E-state index in [1.54, 1.807) is 0 Å². The lowest BCUT2D eigenvalue weighted by Gasteiger charge is -2.71. The fourth-order valence-electron chi connectivity index (χ4n) is 6.63. The Morgan fingerprint density at radius 2 is 0.690 bits per heavy atom. The standard InChI is InChI=1S/C8H13Cl13Si8/c9-22-1-24(11,12)2-23(10)4-26(15,16)8-28(19,20)5-27(17,18)7(25(13,14)3-22)29(8,21)6(22)23/h6-8H,1-5H2. The van der Waals surface area contributed by atoms with E-state index in [2.05, 4.69) is 0 Å². The molecule has 168 valence electrons. The second kappa shape index (κ2) is 7.77. The molecule has 0 aromatic heterocycles. The highest BCUT2D eigenvalue weighted by atomic mass is 35.7. The van der Waals surface area contributed by atoms with Crippen molar-refractivity contribution in [1.82, 2.24) is 0 Å². The Bertz CT molecular complexity index is 707. The topological polar surface area (TPSA) is 0 Å². The molecule has 0 N–H and O–H groups in total. The third-order valence-electron chi connectivity index (χ3n) is 6.69. The summed E-state index contributed by atoms with van der Waals surface area (Å²) in [5, 5.41) is 0. The zero-order valence-corrected chi connectivity index (χ0v) is 32.0. The van der Waals surface area contributed by atoms with Crippen LogP contribution in [0.15, 0.2) is 0 Å². The third kappa shape index (κ3) is 4.15. The molecule has 4 aliphatic heterocycles. The van der Waals surface area contributed by atoms with Gasteiger partial charge in [0.05, 0.1) is 0 Å². The van der Waals surface area contributed by atoms with Gasteiger partial charge in [0.2, 0.25) is 6.69 Å². The molecular formula is C8H13Cl13Si8. The predicted octanol–water partition coefficient (Wildman–Crippen LogP) is 9.23. The highest BCUT2D eigenvalue weighted by Gasteiger charge is 2.90. The van der Waals surface area contributed by atoms with Gasteiger partial charge in [-0.15, -0.1) is 111 Å². The molecule has 4 heterocycles. The first-order valence-corrected chi connectivity index (χ1v) is 40.5. The molecule has 0 bridgehead atoms. The minimum absolute atomic E-state index is 0.106. The smallest absolute Gasteiger partial charge is 0.168 e. The molecule has 21 heteroatoms. The van der Waals surface area contributed by atoms with E-state index >= 15 is 0 Å². The van der Waals surface area contributed by atoms with Crippen LogP contribution in [-0.4, -0.2) is 55.6 Å². The summed E-state index contributed by atoms with van der Waals surface area (Å²) in [6.45, 7) is -15.2. The molecule has 0 aromatic carbocycles. The largest absolute Gasteiger partial charge is 0.252 e. The molecule has 4 aliphatic rings. The van der Waals surface area contributed by atoms with Gasteiger partial charge < -0.3 is 0 Å². The molecule has 0 nitrogen and oxygen atoms in total. The normalized spacial score (nSPS) is 53.1. The third-order valence-corrected chi connectivity index (χ3v) is 105. The van der Waals surface area contributed by atoms with Gasteiger partial charge >= 0.3 is 0 Å². The van der Waals surface area contributed by atoms with Gasteiger partial charge in [0.15, 0.2) is 22.2 Å². The van der Waals surface area contributed by atoms with Crippen LogP contribution >= 0.6 is 144 Å². The summed E-state index contributed by atoms with van der Waals surface area (Å²) >= 11 is 93.0. The van der Waals surface area contributed by atoms with Gasteiger partial charge in [-0.1, -0.05) is 0 Å². The average Bonchev–Trinajstić information content (AvgIpc) is 2.22. The summed E-state index contributed by atoms with van der Waals surface area (Å²) < 4.78 is 0. The Balaban J connectivity index is 2.07. The Morgan fingerprint density at radius 1 is 0.379 bits per heavy atom. The van der Waals surface area contributed by atoms with Crippen molar-refractivity contribution in [2.45, 2.75) is 42.7 Å². The van der Waals surface area contributed by atoms with Crippen molar-refractivity contribution in [3.63, 3.8) is 0 Å². The minimum atomic E-state index is -3.22. The lowest BCUT2D eigenvalue weighted by molar-refractivity contribution is 1.20. The summed E-state index contributed by atoms with van der Waals surface area (Å²) in [7, 11) is -8.77. The van der Waals surface area contributed by atoms with Crippen LogP contribution in [0.3, 0.4) is 0 Å². The Labute approximate surface area is 238 Å². The zero-order valence-electron chi connectivity index (χ0n) is 14.2. The van der Waals surface area contributed by atoms with Crippen molar-refractivity contribution >= 4 is 200 Å². The van der Waals surface area contributed by atoms with Crippen molar-refractivity contribution in [1.29, 1.82) is 0 Å². The van der Waals surface area contributed by atoms with E-state index < -0.39 is 65.2 Å². The number of hydrogen-bond donors (Lipinski definition) is 0. The van der Waals surface area contributed by atoms with Crippen molar-refractivity contribution in [3.8, 4) is 0 Å². The molecule has 4 fully saturated rings. The molecule has 29 heavy (non-hydrogen) atoms. The maximum absolute atomic E-state index is 7.79. The fraction of sp³-hybridized carbons (Fsp3) is 1.00. The highest BCUT2D eigenvalue weighted by molar-refractivity contribution is 7.80. The lowest BCUT2D eigenvalue weighted by Crippen LogP contribution is -2.85. The second-order valence-electron chi connectivity index (χ2n) is 8.98. The van der Waals surface area contributed by atoms with Gasteiger partial charge in [-0.2, -0.15) is 33.2 Å². The van der Waals surface area contributed by atoms with E-state index in [1.165, 1.54) is 0 Å². The maximum atomic E-state index is 7.79. The summed E-state index contributed by atoms with van der Waals surface area (Å²) in [5.41, 5.74) is 2.36. The molecule has 0 saturated carbocycles. The molecule has 4 atom stereocenters. The molecule has 4 unspecified atom stereocenters. The Hall–Kier alpha value is 5.51. The van der Waals surface area contributed by atoms with Crippen LogP contribution < -0.4 is 0 Å². The van der Waals surface area contributed by atoms with Crippen LogP contribution in [0.1, 0.15) is 0 Å². The van der Waals surface area contributed by atoms with Crippen LogP contribution in [0.4, 0.5) is 0 Å². The van der Waals surface area contributed by atoms with Crippen LogP contribution in [0.5, 0.6) is 0 Å². The van der Waals surface area contributed by atoms with Crippen LogP contribution in [0, 0.1) is 0 Å². The lowest BCUT2D eigenvalue weighted by atomic mass is 11.6. The van der Waals surface area contributed by atoms with E-state index in [1.807, 2.05) is 0 Å². The Kier molecular flexibility index (Phi) is 7.38. The van der Waals surface area contributed by atoms with E-state index in [0.29, 0.717) is 28.3 Å². The zero-order chi connectivity index (χ0) is 22.3. The molecular weight excluding hydrogens is 782 g/mol. The number of hydrogen-bond acceptors (Lipinski definition) is 0. The average molecular weight is 795 g/mol. The summed E-state index contributed by atoms with van der Waals surface area (Å²) in [6, 6.07) is 0. The predicted molar refractivity (Wildman–Crippen MR) is 157 cm³/mol. The van der Waals surface area contributed by atoms with Gasteiger partial charge in [0.25, 0.3) is 26.8 Å². The second-order valence-corrected chi connectivity index (χ2v) is 69.9. The molecule has 4 rings (SSSR count). The van der Waals surface area contributed by atoms with Crippen molar-refractivity contribution in [2.24, 2.45) is 0 Å². The molecule has 0 radical (unpaired) electrons. The van der Waals surface area contributed by atoms with Gasteiger partial charge in [0, 0.05) is 9.58 Å². The fourth-order valence-corrected chi connectivity index (χ4v) is 180. The van der Waals surface area contributed by atoms with E-state index in [4.69, 9.17) is 144 Å². The molecule has 4 saturated heterocycles. The summed E-state index contributed by atoms with van der Waals surface area (Å²) in [5.74, 6) is 0.